The predicted molar refractivity (Wildman–Crippen MR) is 85.4 cm³/mol. The zero-order chi connectivity index (χ0) is 15.7. The van der Waals surface area contributed by atoms with Crippen LogP contribution in [0.15, 0.2) is 30.3 Å². The summed E-state index contributed by atoms with van der Waals surface area (Å²) < 4.78 is 1.80. The number of hydrogen-bond donors (Lipinski definition) is 1. The summed E-state index contributed by atoms with van der Waals surface area (Å²) in [7, 11) is 0. The van der Waals surface area contributed by atoms with Crippen LogP contribution in [0.2, 0.25) is 0 Å². The van der Waals surface area contributed by atoms with Gasteiger partial charge in [0.2, 0.25) is 5.78 Å². The molecule has 0 aliphatic carbocycles. The molecule has 1 aromatic carbocycles. The molecule has 0 bridgehead atoms. The molecule has 0 aliphatic rings. The van der Waals surface area contributed by atoms with Crippen molar-refractivity contribution in [2.75, 3.05) is 0 Å². The largest absolute Gasteiger partial charge is 0.307 e. The molecule has 112 valence electrons. The Morgan fingerprint density at radius 1 is 1.23 bits per heavy atom. The third kappa shape index (κ3) is 2.08. The molecule has 0 saturated heterocycles. The van der Waals surface area contributed by atoms with Crippen molar-refractivity contribution in [3.63, 3.8) is 0 Å². The summed E-state index contributed by atoms with van der Waals surface area (Å²) in [6.45, 7) is 6.43. The zero-order valence-corrected chi connectivity index (χ0v) is 13.1. The molecule has 0 radical (unpaired) electrons. The highest BCUT2D eigenvalue weighted by Gasteiger charge is 2.32. The highest BCUT2D eigenvalue weighted by molar-refractivity contribution is 5.58. The Balaban J connectivity index is 2.23. The van der Waals surface area contributed by atoms with Crippen LogP contribution in [0.4, 0.5) is 0 Å². The zero-order valence-electron chi connectivity index (χ0n) is 13.1. The normalized spacial score (nSPS) is 11.7. The first-order valence-corrected chi connectivity index (χ1v) is 7.57. The van der Waals surface area contributed by atoms with E-state index >= 15 is 0 Å². The molecule has 0 unspecified atom stereocenters. The summed E-state index contributed by atoms with van der Waals surface area (Å²) in [4.78, 5) is 7.64. The van der Waals surface area contributed by atoms with E-state index in [0.717, 1.165) is 29.9 Å². The Kier molecular flexibility index (Phi) is 3.45. The fraction of sp³-hybridized carbons (Fsp3) is 0.353. The summed E-state index contributed by atoms with van der Waals surface area (Å²) in [6.07, 6.45) is 1.86. The van der Waals surface area contributed by atoms with Crippen LogP contribution in [0.5, 0.6) is 0 Å². The molecule has 3 aromatic rings. The smallest absolute Gasteiger partial charge is 0.231 e. The van der Waals surface area contributed by atoms with Gasteiger partial charge in [0.05, 0.1) is 5.69 Å². The van der Waals surface area contributed by atoms with E-state index in [1.807, 2.05) is 30.3 Å². The quantitative estimate of drug-likeness (QED) is 0.797. The van der Waals surface area contributed by atoms with Gasteiger partial charge in [0, 0.05) is 11.0 Å². The van der Waals surface area contributed by atoms with E-state index in [0.29, 0.717) is 11.5 Å². The van der Waals surface area contributed by atoms with Crippen LogP contribution in [0, 0.1) is 11.3 Å². The number of benzene rings is 1. The number of hydrogen-bond acceptors (Lipinski definition) is 3. The van der Waals surface area contributed by atoms with Crippen molar-refractivity contribution in [1.29, 1.82) is 5.26 Å². The van der Waals surface area contributed by atoms with E-state index < -0.39 is 0 Å². The van der Waals surface area contributed by atoms with Gasteiger partial charge in [-0.1, -0.05) is 51.1 Å². The molecule has 22 heavy (non-hydrogen) atoms. The van der Waals surface area contributed by atoms with Crippen LogP contribution in [0.25, 0.3) is 17.2 Å². The Bertz CT molecular complexity index is 831. The number of nitrogens with zero attached hydrogens (tertiary/aromatic N) is 4. The number of aromatic amines is 1. The lowest BCUT2D eigenvalue weighted by Crippen LogP contribution is -2.23. The Morgan fingerprint density at radius 3 is 2.50 bits per heavy atom. The molecule has 0 spiro atoms. The Morgan fingerprint density at radius 2 is 1.91 bits per heavy atom. The summed E-state index contributed by atoms with van der Waals surface area (Å²) in [5.74, 6) is 1.39. The van der Waals surface area contributed by atoms with Gasteiger partial charge in [0.25, 0.3) is 0 Å². The van der Waals surface area contributed by atoms with Crippen LogP contribution >= 0.6 is 0 Å². The van der Waals surface area contributed by atoms with Gasteiger partial charge in [-0.05, 0) is 12.8 Å². The molecule has 5 heteroatoms. The lowest BCUT2D eigenvalue weighted by atomic mass is 9.80. The van der Waals surface area contributed by atoms with E-state index in [1.165, 1.54) is 0 Å². The summed E-state index contributed by atoms with van der Waals surface area (Å²) >= 11 is 0. The van der Waals surface area contributed by atoms with E-state index in [2.05, 4.69) is 41.9 Å². The maximum Gasteiger partial charge on any atom is 0.231 e. The topological polar surface area (TPSA) is 69.8 Å². The van der Waals surface area contributed by atoms with Gasteiger partial charge in [-0.2, -0.15) is 14.8 Å². The second-order valence-corrected chi connectivity index (χ2v) is 5.76. The molecule has 2 heterocycles. The fourth-order valence-electron chi connectivity index (χ4n) is 2.75. The van der Waals surface area contributed by atoms with Crippen molar-refractivity contribution in [2.45, 2.75) is 39.0 Å². The molecule has 0 saturated carbocycles. The van der Waals surface area contributed by atoms with Crippen LogP contribution < -0.4 is 0 Å². The summed E-state index contributed by atoms with van der Waals surface area (Å²) in [5.41, 5.74) is 2.25. The first-order valence-electron chi connectivity index (χ1n) is 7.57. The molecule has 1 N–H and O–H groups in total. The highest BCUT2D eigenvalue weighted by atomic mass is 15.4. The van der Waals surface area contributed by atoms with Gasteiger partial charge in [-0.15, -0.1) is 5.10 Å². The number of fused-ring (bicyclic) bond motifs is 1. The number of imidazole rings is 1. The van der Waals surface area contributed by atoms with Crippen molar-refractivity contribution < 1.29 is 0 Å². The molecule has 0 atom stereocenters. The van der Waals surface area contributed by atoms with Gasteiger partial charge in [0.1, 0.15) is 6.07 Å². The number of rotatable bonds is 4. The van der Waals surface area contributed by atoms with Crippen molar-refractivity contribution in [3.05, 3.63) is 41.7 Å². The third-order valence-electron chi connectivity index (χ3n) is 4.57. The van der Waals surface area contributed by atoms with Crippen LogP contribution in [-0.2, 0) is 5.41 Å². The maximum atomic E-state index is 9.41. The number of aromatic nitrogens is 4. The molecule has 2 aromatic heterocycles. The van der Waals surface area contributed by atoms with E-state index in [1.54, 1.807) is 4.52 Å². The third-order valence-corrected chi connectivity index (χ3v) is 4.57. The van der Waals surface area contributed by atoms with Crippen LogP contribution in [-0.4, -0.2) is 19.6 Å². The summed E-state index contributed by atoms with van der Waals surface area (Å²) in [6, 6.07) is 12.1. The van der Waals surface area contributed by atoms with Gasteiger partial charge in [-0.25, -0.2) is 0 Å². The average Bonchev–Trinajstić information content (AvgIpc) is 3.12. The minimum atomic E-state index is -0.117. The standard InChI is InChI=1S/C17H19N5/c1-4-17(3,5-2)14-13(11-18)19-16-20-15(21-22(14)16)12-9-7-6-8-10-12/h6-10H,4-5H2,1-3H3,(H,19,20,21). The fourth-order valence-corrected chi connectivity index (χ4v) is 2.75. The molecule has 5 nitrogen and oxygen atoms in total. The maximum absolute atomic E-state index is 9.41. The average molecular weight is 293 g/mol. The van der Waals surface area contributed by atoms with Crippen LogP contribution in [0.1, 0.15) is 45.0 Å². The van der Waals surface area contributed by atoms with Gasteiger partial charge >= 0.3 is 0 Å². The monoisotopic (exact) mass is 293 g/mol. The van der Waals surface area contributed by atoms with Gasteiger partial charge < -0.3 is 4.98 Å². The first kappa shape index (κ1) is 14.3. The van der Waals surface area contributed by atoms with Crippen molar-refractivity contribution >= 4 is 5.78 Å². The molecule has 0 fully saturated rings. The van der Waals surface area contributed by atoms with Gasteiger partial charge in [0.15, 0.2) is 11.5 Å². The number of nitriles is 1. The summed E-state index contributed by atoms with van der Waals surface area (Å²) in [5, 5.41) is 14.1. The molecule has 0 aliphatic heterocycles. The van der Waals surface area contributed by atoms with Crippen LogP contribution in [0.3, 0.4) is 0 Å². The predicted octanol–water partition coefficient (Wildman–Crippen LogP) is 3.67. The minimum Gasteiger partial charge on any atom is -0.307 e. The lowest BCUT2D eigenvalue weighted by molar-refractivity contribution is 0.417. The lowest BCUT2D eigenvalue weighted by Gasteiger charge is -2.25. The molecule has 0 amide bonds. The number of H-pyrrole nitrogens is 1. The minimum absolute atomic E-state index is 0.117. The SMILES string of the molecule is CCC(C)(CC)c1c(C#N)nc2[nH]c(-c3ccccc3)nn12. The second kappa shape index (κ2) is 5.30. The first-order chi connectivity index (χ1) is 10.6. The van der Waals surface area contributed by atoms with Gasteiger partial charge in [-0.3, -0.25) is 0 Å². The van der Waals surface area contributed by atoms with E-state index in [9.17, 15) is 5.26 Å². The van der Waals surface area contributed by atoms with Crippen molar-refractivity contribution in [2.24, 2.45) is 0 Å². The van der Waals surface area contributed by atoms with E-state index in [-0.39, 0.29) is 5.41 Å². The van der Waals surface area contributed by atoms with E-state index in [4.69, 9.17) is 0 Å². The Labute approximate surface area is 129 Å². The second-order valence-electron chi connectivity index (χ2n) is 5.76. The van der Waals surface area contributed by atoms with Crippen molar-refractivity contribution in [3.8, 4) is 17.5 Å². The molecular weight excluding hydrogens is 274 g/mol. The Hall–Kier alpha value is -2.61. The molecular formula is C17H19N5. The highest BCUT2D eigenvalue weighted by Crippen LogP contribution is 2.33. The molecule has 3 rings (SSSR count). The number of nitrogens with one attached hydrogen (secondary N) is 1. The van der Waals surface area contributed by atoms with Crippen molar-refractivity contribution in [1.82, 2.24) is 19.6 Å².